The SMILES string of the molecule is O=C(Nc1ccccc1)c1ccc(-c2nc3ccc(O)cc3c(=O)[nH]2)cc1. The summed E-state index contributed by atoms with van der Waals surface area (Å²) in [7, 11) is 0. The lowest BCUT2D eigenvalue weighted by Crippen LogP contribution is -2.12. The third kappa shape index (κ3) is 3.41. The molecule has 132 valence electrons. The quantitative estimate of drug-likeness (QED) is 0.522. The van der Waals surface area contributed by atoms with Crippen LogP contribution in [0.2, 0.25) is 0 Å². The monoisotopic (exact) mass is 357 g/mol. The number of aromatic nitrogens is 2. The van der Waals surface area contributed by atoms with Crippen LogP contribution in [0.15, 0.2) is 77.6 Å². The summed E-state index contributed by atoms with van der Waals surface area (Å²) in [5.41, 5.74) is 2.04. The number of benzene rings is 3. The van der Waals surface area contributed by atoms with E-state index in [-0.39, 0.29) is 17.2 Å². The van der Waals surface area contributed by atoms with Crippen molar-refractivity contribution >= 4 is 22.5 Å². The first-order valence-corrected chi connectivity index (χ1v) is 8.30. The first-order valence-electron chi connectivity index (χ1n) is 8.30. The molecule has 3 N–H and O–H groups in total. The van der Waals surface area contributed by atoms with Gasteiger partial charge in [-0.25, -0.2) is 4.98 Å². The zero-order valence-electron chi connectivity index (χ0n) is 14.1. The smallest absolute Gasteiger partial charge is 0.259 e. The molecule has 4 aromatic rings. The van der Waals surface area contributed by atoms with Crippen LogP contribution in [0.5, 0.6) is 5.75 Å². The number of phenols is 1. The van der Waals surface area contributed by atoms with Crippen molar-refractivity contribution in [1.82, 2.24) is 9.97 Å². The first-order chi connectivity index (χ1) is 13.1. The van der Waals surface area contributed by atoms with Crippen LogP contribution in [-0.2, 0) is 0 Å². The maximum atomic E-state index is 12.3. The van der Waals surface area contributed by atoms with Gasteiger partial charge in [-0.15, -0.1) is 0 Å². The molecule has 0 aliphatic carbocycles. The number of aromatic hydroxyl groups is 1. The molecule has 1 aromatic heterocycles. The summed E-state index contributed by atoms with van der Waals surface area (Å²) in [6, 6.07) is 20.5. The number of H-pyrrole nitrogens is 1. The van der Waals surface area contributed by atoms with E-state index in [4.69, 9.17) is 0 Å². The topological polar surface area (TPSA) is 95.1 Å². The average molecular weight is 357 g/mol. The Morgan fingerprint density at radius 1 is 0.963 bits per heavy atom. The summed E-state index contributed by atoms with van der Waals surface area (Å²) in [4.78, 5) is 31.7. The highest BCUT2D eigenvalue weighted by Crippen LogP contribution is 2.20. The van der Waals surface area contributed by atoms with Gasteiger partial charge in [-0.1, -0.05) is 30.3 Å². The number of nitrogens with zero attached hydrogens (tertiary/aromatic N) is 1. The molecule has 0 saturated carbocycles. The normalized spacial score (nSPS) is 10.7. The van der Waals surface area contributed by atoms with E-state index >= 15 is 0 Å². The van der Waals surface area contributed by atoms with E-state index < -0.39 is 0 Å². The largest absolute Gasteiger partial charge is 0.508 e. The fraction of sp³-hybridized carbons (Fsp3) is 0. The average Bonchev–Trinajstić information content (AvgIpc) is 2.69. The molecule has 0 bridgehead atoms. The number of amides is 1. The van der Waals surface area contributed by atoms with Crippen molar-refractivity contribution in [3.8, 4) is 17.1 Å². The van der Waals surface area contributed by atoms with Gasteiger partial charge < -0.3 is 15.4 Å². The van der Waals surface area contributed by atoms with Crippen LogP contribution in [0.25, 0.3) is 22.3 Å². The Labute approximate surface area is 154 Å². The third-order valence-corrected chi connectivity index (χ3v) is 4.14. The van der Waals surface area contributed by atoms with Crippen LogP contribution in [0.4, 0.5) is 5.69 Å². The number of aromatic amines is 1. The van der Waals surface area contributed by atoms with Crippen LogP contribution in [0.1, 0.15) is 10.4 Å². The molecule has 0 fully saturated rings. The summed E-state index contributed by atoms with van der Waals surface area (Å²) in [5, 5.41) is 12.6. The number of phenolic OH excluding ortho intramolecular Hbond substituents is 1. The van der Waals surface area contributed by atoms with Crippen LogP contribution < -0.4 is 10.9 Å². The Kier molecular flexibility index (Phi) is 4.14. The van der Waals surface area contributed by atoms with Gasteiger partial charge >= 0.3 is 0 Å². The fourth-order valence-corrected chi connectivity index (χ4v) is 2.77. The zero-order chi connectivity index (χ0) is 18.8. The molecule has 1 heterocycles. The Bertz CT molecular complexity index is 1180. The highest BCUT2D eigenvalue weighted by molar-refractivity contribution is 6.04. The van der Waals surface area contributed by atoms with Crippen molar-refractivity contribution < 1.29 is 9.90 Å². The predicted octanol–water partition coefficient (Wildman–Crippen LogP) is 3.55. The number of carbonyl (C=O) groups is 1. The van der Waals surface area contributed by atoms with E-state index in [1.807, 2.05) is 30.3 Å². The number of hydrogen-bond donors (Lipinski definition) is 3. The second-order valence-corrected chi connectivity index (χ2v) is 6.01. The van der Waals surface area contributed by atoms with Crippen molar-refractivity contribution in [3.05, 3.63) is 88.7 Å². The second-order valence-electron chi connectivity index (χ2n) is 6.01. The summed E-state index contributed by atoms with van der Waals surface area (Å²) in [6.07, 6.45) is 0. The van der Waals surface area contributed by atoms with Crippen molar-refractivity contribution in [2.45, 2.75) is 0 Å². The van der Waals surface area contributed by atoms with Crippen LogP contribution in [-0.4, -0.2) is 21.0 Å². The molecular formula is C21H15N3O3. The Morgan fingerprint density at radius 2 is 1.70 bits per heavy atom. The Balaban J connectivity index is 1.62. The number of carbonyl (C=O) groups excluding carboxylic acids is 1. The first kappa shape index (κ1) is 16.5. The molecule has 0 spiro atoms. The fourth-order valence-electron chi connectivity index (χ4n) is 2.77. The second kappa shape index (κ2) is 6.76. The molecule has 0 unspecified atom stereocenters. The van der Waals surface area contributed by atoms with Gasteiger partial charge in [-0.3, -0.25) is 9.59 Å². The molecule has 3 aromatic carbocycles. The van der Waals surface area contributed by atoms with E-state index in [1.54, 1.807) is 30.3 Å². The summed E-state index contributed by atoms with van der Waals surface area (Å²) >= 11 is 0. The lowest BCUT2D eigenvalue weighted by molar-refractivity contribution is 0.102. The summed E-state index contributed by atoms with van der Waals surface area (Å²) in [6.45, 7) is 0. The van der Waals surface area contributed by atoms with Crippen LogP contribution in [0.3, 0.4) is 0 Å². The maximum Gasteiger partial charge on any atom is 0.259 e. The third-order valence-electron chi connectivity index (χ3n) is 4.14. The molecule has 0 atom stereocenters. The summed E-state index contributed by atoms with van der Waals surface area (Å²) < 4.78 is 0. The lowest BCUT2D eigenvalue weighted by atomic mass is 10.1. The lowest BCUT2D eigenvalue weighted by Gasteiger charge is -2.07. The molecule has 0 aliphatic heterocycles. The molecule has 0 aliphatic rings. The molecule has 27 heavy (non-hydrogen) atoms. The van der Waals surface area contributed by atoms with Gasteiger partial charge in [0, 0.05) is 16.8 Å². The van der Waals surface area contributed by atoms with Gasteiger partial charge in [-0.2, -0.15) is 0 Å². The zero-order valence-corrected chi connectivity index (χ0v) is 14.1. The van der Waals surface area contributed by atoms with Gasteiger partial charge in [0.1, 0.15) is 11.6 Å². The minimum atomic E-state index is -0.336. The highest BCUT2D eigenvalue weighted by Gasteiger charge is 2.09. The predicted molar refractivity (Wildman–Crippen MR) is 104 cm³/mol. The Morgan fingerprint density at radius 3 is 2.44 bits per heavy atom. The number of fused-ring (bicyclic) bond motifs is 1. The van der Waals surface area contributed by atoms with Gasteiger partial charge in [0.2, 0.25) is 0 Å². The van der Waals surface area contributed by atoms with Crippen molar-refractivity contribution in [2.24, 2.45) is 0 Å². The van der Waals surface area contributed by atoms with Gasteiger partial charge in [0.05, 0.1) is 10.9 Å². The molecule has 4 rings (SSSR count). The molecule has 6 heteroatoms. The summed E-state index contributed by atoms with van der Waals surface area (Å²) in [5.74, 6) is 0.188. The number of hydrogen-bond acceptors (Lipinski definition) is 4. The molecule has 6 nitrogen and oxygen atoms in total. The van der Waals surface area contributed by atoms with E-state index in [9.17, 15) is 14.7 Å². The standard InChI is InChI=1S/C21H15N3O3/c25-16-10-11-18-17(12-16)21(27)24-19(23-18)13-6-8-14(9-7-13)20(26)22-15-4-2-1-3-5-15/h1-12,25H,(H,22,26)(H,23,24,27). The number of anilines is 1. The van der Waals surface area contributed by atoms with Crippen molar-refractivity contribution in [1.29, 1.82) is 0 Å². The highest BCUT2D eigenvalue weighted by atomic mass is 16.3. The number of rotatable bonds is 3. The van der Waals surface area contributed by atoms with Gasteiger partial charge in [0.25, 0.3) is 11.5 Å². The van der Waals surface area contributed by atoms with Crippen molar-refractivity contribution in [2.75, 3.05) is 5.32 Å². The number of nitrogens with one attached hydrogen (secondary N) is 2. The van der Waals surface area contributed by atoms with Gasteiger partial charge in [0.15, 0.2) is 0 Å². The van der Waals surface area contributed by atoms with E-state index in [0.29, 0.717) is 27.9 Å². The van der Waals surface area contributed by atoms with E-state index in [2.05, 4.69) is 15.3 Å². The molecule has 0 saturated heterocycles. The van der Waals surface area contributed by atoms with E-state index in [1.165, 1.54) is 12.1 Å². The minimum Gasteiger partial charge on any atom is -0.508 e. The minimum absolute atomic E-state index is 0.0105. The Hall–Kier alpha value is -3.93. The van der Waals surface area contributed by atoms with Gasteiger partial charge in [-0.05, 0) is 42.5 Å². The molecule has 1 amide bonds. The van der Waals surface area contributed by atoms with Crippen LogP contribution in [0, 0.1) is 0 Å². The van der Waals surface area contributed by atoms with Crippen LogP contribution >= 0.6 is 0 Å². The van der Waals surface area contributed by atoms with E-state index in [0.717, 1.165) is 5.69 Å². The number of para-hydroxylation sites is 1. The molecule has 0 radical (unpaired) electrons. The molecular weight excluding hydrogens is 342 g/mol. The maximum absolute atomic E-state index is 12.3. The van der Waals surface area contributed by atoms with Crippen molar-refractivity contribution in [3.63, 3.8) is 0 Å².